The van der Waals surface area contributed by atoms with Crippen LogP contribution >= 0.6 is 0 Å². The first kappa shape index (κ1) is 22.0. The van der Waals surface area contributed by atoms with Gasteiger partial charge in [0.2, 0.25) is 0 Å². The first-order valence-corrected chi connectivity index (χ1v) is 10.7. The molecule has 4 aromatic rings. The molecule has 1 aromatic heterocycles. The number of aromatic nitrogens is 1. The van der Waals surface area contributed by atoms with Crippen LogP contribution in [0.2, 0.25) is 0 Å². The van der Waals surface area contributed by atoms with Gasteiger partial charge in [0, 0.05) is 23.9 Å². The molecule has 0 saturated heterocycles. The van der Waals surface area contributed by atoms with Crippen LogP contribution in [0, 0.1) is 5.82 Å². The number of pyridine rings is 1. The zero-order valence-corrected chi connectivity index (χ0v) is 17.9. The number of amides is 1. The van der Waals surface area contributed by atoms with E-state index >= 15 is 0 Å². The molecule has 0 radical (unpaired) electrons. The van der Waals surface area contributed by atoms with Gasteiger partial charge in [0.1, 0.15) is 17.3 Å². The van der Waals surface area contributed by atoms with Gasteiger partial charge in [-0.1, -0.05) is 42.5 Å². The van der Waals surface area contributed by atoms with Gasteiger partial charge in [-0.15, -0.1) is 0 Å². The molecule has 0 saturated carbocycles. The summed E-state index contributed by atoms with van der Waals surface area (Å²) < 4.78 is 18.3. The van der Waals surface area contributed by atoms with Gasteiger partial charge < -0.3 is 15.8 Å². The van der Waals surface area contributed by atoms with Gasteiger partial charge in [-0.2, -0.15) is 0 Å². The molecular formula is C27H24FN3O2. The SMILES string of the molecule is Nc1ccc(-c2ccccc2)cc1.O=C(NC1CCOc2cccnc21)c1ccc(F)cc1. The van der Waals surface area contributed by atoms with Crippen molar-refractivity contribution in [3.8, 4) is 16.9 Å². The number of carbonyl (C=O) groups excluding carboxylic acids is 1. The Labute approximate surface area is 192 Å². The Morgan fingerprint density at radius 3 is 2.33 bits per heavy atom. The van der Waals surface area contributed by atoms with Crippen LogP contribution in [0.15, 0.2) is 97.2 Å². The predicted molar refractivity (Wildman–Crippen MR) is 127 cm³/mol. The summed E-state index contributed by atoms with van der Waals surface area (Å²) in [6.07, 6.45) is 2.33. The number of hydrogen-bond acceptors (Lipinski definition) is 4. The van der Waals surface area contributed by atoms with Gasteiger partial charge in [-0.3, -0.25) is 9.78 Å². The predicted octanol–water partition coefficient (Wildman–Crippen LogP) is 5.41. The maximum Gasteiger partial charge on any atom is 0.251 e. The van der Waals surface area contributed by atoms with Gasteiger partial charge in [0.15, 0.2) is 0 Å². The third kappa shape index (κ3) is 5.74. The van der Waals surface area contributed by atoms with Gasteiger partial charge in [-0.25, -0.2) is 4.39 Å². The Morgan fingerprint density at radius 2 is 1.61 bits per heavy atom. The lowest BCUT2D eigenvalue weighted by atomic mass is 10.1. The van der Waals surface area contributed by atoms with Gasteiger partial charge in [0.05, 0.1) is 12.6 Å². The molecule has 1 aliphatic heterocycles. The van der Waals surface area contributed by atoms with Crippen molar-refractivity contribution in [2.75, 3.05) is 12.3 Å². The van der Waals surface area contributed by atoms with E-state index in [2.05, 4.69) is 22.4 Å². The molecule has 3 N–H and O–H groups in total. The van der Waals surface area contributed by atoms with Crippen molar-refractivity contribution in [3.63, 3.8) is 0 Å². The van der Waals surface area contributed by atoms with E-state index < -0.39 is 0 Å². The van der Waals surface area contributed by atoms with E-state index in [9.17, 15) is 9.18 Å². The lowest BCUT2D eigenvalue weighted by Gasteiger charge is -2.25. The number of carbonyl (C=O) groups is 1. The van der Waals surface area contributed by atoms with E-state index in [-0.39, 0.29) is 17.8 Å². The molecule has 1 amide bonds. The Hall–Kier alpha value is -4.19. The monoisotopic (exact) mass is 441 g/mol. The van der Waals surface area contributed by atoms with Gasteiger partial charge in [-0.05, 0) is 59.7 Å². The first-order chi connectivity index (χ1) is 16.1. The Balaban J connectivity index is 0.000000172. The van der Waals surface area contributed by atoms with Crippen molar-refractivity contribution in [2.45, 2.75) is 12.5 Å². The number of benzene rings is 3. The van der Waals surface area contributed by atoms with E-state index in [4.69, 9.17) is 10.5 Å². The van der Waals surface area contributed by atoms with E-state index in [0.717, 1.165) is 11.4 Å². The highest BCUT2D eigenvalue weighted by molar-refractivity contribution is 5.94. The molecular weight excluding hydrogens is 417 g/mol. The average Bonchev–Trinajstić information content (AvgIpc) is 2.86. The summed E-state index contributed by atoms with van der Waals surface area (Å²) in [6, 6.07) is 27.1. The van der Waals surface area contributed by atoms with E-state index in [0.29, 0.717) is 24.3 Å². The number of ether oxygens (including phenoxy) is 1. The molecule has 5 rings (SSSR count). The molecule has 166 valence electrons. The second-order valence-electron chi connectivity index (χ2n) is 7.54. The minimum absolute atomic E-state index is 0.183. The van der Waals surface area contributed by atoms with E-state index in [1.807, 2.05) is 48.5 Å². The van der Waals surface area contributed by atoms with Gasteiger partial charge >= 0.3 is 0 Å². The van der Waals surface area contributed by atoms with Crippen LogP contribution in [-0.4, -0.2) is 17.5 Å². The molecule has 5 nitrogen and oxygen atoms in total. The van der Waals surface area contributed by atoms with Crippen LogP contribution in [0.1, 0.15) is 28.5 Å². The van der Waals surface area contributed by atoms with Gasteiger partial charge in [0.25, 0.3) is 5.91 Å². The number of rotatable bonds is 3. The highest BCUT2D eigenvalue weighted by Crippen LogP contribution is 2.29. The minimum Gasteiger partial charge on any atom is -0.491 e. The van der Waals surface area contributed by atoms with Crippen molar-refractivity contribution in [2.24, 2.45) is 0 Å². The molecule has 2 heterocycles. The van der Waals surface area contributed by atoms with Crippen LogP contribution < -0.4 is 15.8 Å². The normalized spacial score (nSPS) is 14.2. The fourth-order valence-electron chi connectivity index (χ4n) is 3.50. The van der Waals surface area contributed by atoms with Crippen molar-refractivity contribution in [3.05, 3.63) is 114 Å². The summed E-state index contributed by atoms with van der Waals surface area (Å²) in [5.74, 6) is 0.0938. The van der Waals surface area contributed by atoms with Crippen LogP contribution in [0.4, 0.5) is 10.1 Å². The zero-order chi connectivity index (χ0) is 23.0. The van der Waals surface area contributed by atoms with Crippen LogP contribution in [-0.2, 0) is 0 Å². The Morgan fingerprint density at radius 1 is 0.909 bits per heavy atom. The number of fused-ring (bicyclic) bond motifs is 1. The number of nitrogens with one attached hydrogen (secondary N) is 1. The van der Waals surface area contributed by atoms with Crippen LogP contribution in [0.25, 0.3) is 11.1 Å². The Kier molecular flexibility index (Phi) is 6.95. The number of anilines is 1. The minimum atomic E-state index is -0.361. The largest absolute Gasteiger partial charge is 0.491 e. The van der Waals surface area contributed by atoms with E-state index in [1.54, 1.807) is 12.3 Å². The lowest BCUT2D eigenvalue weighted by molar-refractivity contribution is 0.0923. The number of nitrogens with zero attached hydrogens (tertiary/aromatic N) is 1. The quantitative estimate of drug-likeness (QED) is 0.417. The molecule has 1 aliphatic rings. The summed E-state index contributed by atoms with van der Waals surface area (Å²) in [5.41, 5.74) is 10.00. The fraction of sp³-hybridized carbons (Fsp3) is 0.111. The summed E-state index contributed by atoms with van der Waals surface area (Å²) in [7, 11) is 0. The molecule has 0 aliphatic carbocycles. The maximum atomic E-state index is 12.8. The average molecular weight is 442 g/mol. The summed E-state index contributed by atoms with van der Waals surface area (Å²) in [4.78, 5) is 16.4. The van der Waals surface area contributed by atoms with Crippen molar-refractivity contribution >= 4 is 11.6 Å². The smallest absolute Gasteiger partial charge is 0.251 e. The second-order valence-corrected chi connectivity index (χ2v) is 7.54. The third-order valence-corrected chi connectivity index (χ3v) is 5.22. The summed E-state index contributed by atoms with van der Waals surface area (Å²) in [5, 5.41) is 2.91. The molecule has 1 unspecified atom stereocenters. The van der Waals surface area contributed by atoms with Crippen molar-refractivity contribution in [1.29, 1.82) is 0 Å². The van der Waals surface area contributed by atoms with Crippen LogP contribution in [0.3, 0.4) is 0 Å². The van der Waals surface area contributed by atoms with E-state index in [1.165, 1.54) is 35.4 Å². The zero-order valence-electron chi connectivity index (χ0n) is 17.9. The number of nitrogen functional groups attached to an aromatic ring is 1. The topological polar surface area (TPSA) is 77.2 Å². The third-order valence-electron chi connectivity index (χ3n) is 5.22. The summed E-state index contributed by atoms with van der Waals surface area (Å²) in [6.45, 7) is 0.535. The lowest BCUT2D eigenvalue weighted by Crippen LogP contribution is -2.32. The number of halogens is 1. The molecule has 0 bridgehead atoms. The molecule has 3 aromatic carbocycles. The van der Waals surface area contributed by atoms with Crippen molar-refractivity contribution < 1.29 is 13.9 Å². The molecule has 0 fully saturated rings. The molecule has 33 heavy (non-hydrogen) atoms. The molecule has 0 spiro atoms. The Bertz CT molecular complexity index is 1200. The first-order valence-electron chi connectivity index (χ1n) is 10.7. The maximum absolute atomic E-state index is 12.8. The second kappa shape index (κ2) is 10.4. The molecule has 6 heteroatoms. The number of nitrogens with two attached hydrogens (primary N) is 1. The standard InChI is InChI=1S/C15H13FN2O2.C12H11N/c16-11-5-3-10(4-6-11)15(19)18-12-7-9-20-13-2-1-8-17-14(12)13;13-12-8-6-11(7-9-12)10-4-2-1-3-5-10/h1-6,8,12H,7,9H2,(H,18,19);1-9H,13H2. The fourth-order valence-corrected chi connectivity index (χ4v) is 3.50. The highest BCUT2D eigenvalue weighted by atomic mass is 19.1. The molecule has 1 atom stereocenters. The summed E-state index contributed by atoms with van der Waals surface area (Å²) >= 11 is 0. The van der Waals surface area contributed by atoms with Crippen LogP contribution in [0.5, 0.6) is 5.75 Å². The highest BCUT2D eigenvalue weighted by Gasteiger charge is 2.24. The number of hydrogen-bond donors (Lipinski definition) is 2. The van der Waals surface area contributed by atoms with Crippen molar-refractivity contribution in [1.82, 2.24) is 10.3 Å².